The molecule has 0 saturated carbocycles. The molecule has 114 valence electrons. The van der Waals surface area contributed by atoms with Gasteiger partial charge in [0.05, 0.1) is 18.1 Å². The molecule has 0 heterocycles. The van der Waals surface area contributed by atoms with Gasteiger partial charge in [0.1, 0.15) is 0 Å². The van der Waals surface area contributed by atoms with E-state index in [1.807, 2.05) is 32.9 Å². The SMILES string of the molecule is CCNC(CS(=O)(=O)CCOC)c1ccc(C)cc1C. The summed E-state index contributed by atoms with van der Waals surface area (Å²) in [5, 5.41) is 3.27. The van der Waals surface area contributed by atoms with Gasteiger partial charge in [-0.05, 0) is 31.5 Å². The van der Waals surface area contributed by atoms with Crippen LogP contribution in [0.2, 0.25) is 0 Å². The van der Waals surface area contributed by atoms with Crippen molar-refractivity contribution in [3.8, 4) is 0 Å². The Morgan fingerprint density at radius 3 is 2.55 bits per heavy atom. The van der Waals surface area contributed by atoms with Crippen molar-refractivity contribution in [1.82, 2.24) is 5.32 Å². The van der Waals surface area contributed by atoms with Crippen molar-refractivity contribution in [1.29, 1.82) is 0 Å². The molecule has 0 aliphatic rings. The Labute approximate surface area is 122 Å². The maximum absolute atomic E-state index is 12.1. The summed E-state index contributed by atoms with van der Waals surface area (Å²) in [6, 6.07) is 5.96. The Kier molecular flexibility index (Phi) is 6.65. The molecule has 1 atom stereocenters. The molecule has 0 aliphatic heterocycles. The lowest BCUT2D eigenvalue weighted by Crippen LogP contribution is -2.30. The Bertz CT molecular complexity index is 526. The molecule has 1 rings (SSSR count). The molecule has 0 amide bonds. The molecule has 0 spiro atoms. The number of ether oxygens (including phenoxy) is 1. The van der Waals surface area contributed by atoms with Crippen LogP contribution in [0.1, 0.15) is 29.7 Å². The fraction of sp³-hybridized carbons (Fsp3) is 0.600. The number of aryl methyl sites for hydroxylation is 2. The van der Waals surface area contributed by atoms with Crippen LogP contribution >= 0.6 is 0 Å². The minimum Gasteiger partial charge on any atom is -0.384 e. The zero-order chi connectivity index (χ0) is 15.2. The zero-order valence-electron chi connectivity index (χ0n) is 12.8. The molecule has 0 aromatic heterocycles. The average molecular weight is 299 g/mol. The van der Waals surface area contributed by atoms with E-state index in [0.29, 0.717) is 0 Å². The molecule has 20 heavy (non-hydrogen) atoms. The normalized spacial score (nSPS) is 13.4. The molecule has 1 unspecified atom stereocenters. The summed E-state index contributed by atoms with van der Waals surface area (Å²) in [7, 11) is -1.61. The standard InChI is InChI=1S/C15H25NO3S/c1-5-16-15(11-20(17,18)9-8-19-4)14-7-6-12(2)10-13(14)3/h6-7,10,15-16H,5,8-9,11H2,1-4H3. The fourth-order valence-electron chi connectivity index (χ4n) is 2.27. The van der Waals surface area contributed by atoms with Crippen molar-refractivity contribution in [2.24, 2.45) is 0 Å². The monoisotopic (exact) mass is 299 g/mol. The van der Waals surface area contributed by atoms with E-state index in [0.717, 1.165) is 17.7 Å². The third-order valence-corrected chi connectivity index (χ3v) is 4.90. The van der Waals surface area contributed by atoms with Crippen LogP contribution in [0.4, 0.5) is 0 Å². The van der Waals surface area contributed by atoms with E-state index in [1.165, 1.54) is 12.7 Å². The van der Waals surface area contributed by atoms with Crippen LogP contribution in [0.15, 0.2) is 18.2 Å². The summed E-state index contributed by atoms with van der Waals surface area (Å²) in [6.45, 7) is 7.02. The second-order valence-electron chi connectivity index (χ2n) is 5.08. The molecule has 1 aromatic carbocycles. The molecule has 0 bridgehead atoms. The number of nitrogens with one attached hydrogen (secondary N) is 1. The third-order valence-electron chi connectivity index (χ3n) is 3.27. The van der Waals surface area contributed by atoms with Gasteiger partial charge < -0.3 is 10.1 Å². The summed E-state index contributed by atoms with van der Waals surface area (Å²) in [5.74, 6) is 0.171. The van der Waals surface area contributed by atoms with E-state index in [4.69, 9.17) is 4.74 Å². The molecule has 1 N–H and O–H groups in total. The molecule has 0 fully saturated rings. The Morgan fingerprint density at radius 1 is 1.30 bits per heavy atom. The van der Waals surface area contributed by atoms with E-state index in [9.17, 15) is 8.42 Å². The molecular formula is C15H25NO3S. The molecule has 0 aliphatic carbocycles. The summed E-state index contributed by atoms with van der Waals surface area (Å²) in [4.78, 5) is 0. The highest BCUT2D eigenvalue weighted by Crippen LogP contribution is 2.21. The van der Waals surface area contributed by atoms with E-state index < -0.39 is 9.84 Å². The fourth-order valence-corrected chi connectivity index (χ4v) is 3.66. The van der Waals surface area contributed by atoms with Gasteiger partial charge in [-0.2, -0.15) is 0 Å². The summed E-state index contributed by atoms with van der Waals surface area (Å²) in [5.41, 5.74) is 3.36. The van der Waals surface area contributed by atoms with Gasteiger partial charge in [0.2, 0.25) is 0 Å². The largest absolute Gasteiger partial charge is 0.384 e. The van der Waals surface area contributed by atoms with Crippen molar-refractivity contribution in [3.05, 3.63) is 34.9 Å². The highest BCUT2D eigenvalue weighted by molar-refractivity contribution is 7.91. The van der Waals surface area contributed by atoms with Gasteiger partial charge in [-0.25, -0.2) is 8.42 Å². The molecule has 4 nitrogen and oxygen atoms in total. The van der Waals surface area contributed by atoms with Gasteiger partial charge in [-0.1, -0.05) is 30.7 Å². The van der Waals surface area contributed by atoms with Gasteiger partial charge in [-0.3, -0.25) is 0 Å². The van der Waals surface area contributed by atoms with E-state index >= 15 is 0 Å². The van der Waals surface area contributed by atoms with E-state index in [1.54, 1.807) is 0 Å². The smallest absolute Gasteiger partial charge is 0.154 e. The minimum atomic E-state index is -3.13. The lowest BCUT2D eigenvalue weighted by Gasteiger charge is -2.20. The quantitative estimate of drug-likeness (QED) is 0.798. The van der Waals surface area contributed by atoms with Crippen molar-refractivity contribution >= 4 is 9.84 Å². The Morgan fingerprint density at radius 2 is 2.00 bits per heavy atom. The minimum absolute atomic E-state index is 0.0658. The number of methoxy groups -OCH3 is 1. The predicted molar refractivity (Wildman–Crippen MR) is 82.9 cm³/mol. The first kappa shape index (κ1) is 17.1. The van der Waals surface area contributed by atoms with Crippen LogP contribution in [0.25, 0.3) is 0 Å². The molecular weight excluding hydrogens is 274 g/mol. The van der Waals surface area contributed by atoms with Crippen LogP contribution in [0.5, 0.6) is 0 Å². The first-order valence-electron chi connectivity index (χ1n) is 6.89. The van der Waals surface area contributed by atoms with Crippen molar-refractivity contribution in [2.45, 2.75) is 26.8 Å². The second-order valence-corrected chi connectivity index (χ2v) is 7.31. The number of sulfone groups is 1. The first-order valence-corrected chi connectivity index (χ1v) is 8.71. The number of hydrogen-bond donors (Lipinski definition) is 1. The van der Waals surface area contributed by atoms with Gasteiger partial charge in [0.25, 0.3) is 0 Å². The highest BCUT2D eigenvalue weighted by Gasteiger charge is 2.21. The van der Waals surface area contributed by atoms with Gasteiger partial charge in [0, 0.05) is 13.2 Å². The molecule has 5 heteroatoms. The van der Waals surface area contributed by atoms with Crippen LogP contribution < -0.4 is 5.32 Å². The molecule has 0 saturated heterocycles. The van der Waals surface area contributed by atoms with E-state index in [2.05, 4.69) is 11.4 Å². The van der Waals surface area contributed by atoms with Crippen molar-refractivity contribution in [3.63, 3.8) is 0 Å². The van der Waals surface area contributed by atoms with Gasteiger partial charge in [0.15, 0.2) is 9.84 Å². The number of rotatable bonds is 8. The van der Waals surface area contributed by atoms with Gasteiger partial charge >= 0.3 is 0 Å². The summed E-state index contributed by atoms with van der Waals surface area (Å²) < 4.78 is 29.1. The third kappa shape index (κ3) is 5.23. The van der Waals surface area contributed by atoms with Crippen molar-refractivity contribution in [2.75, 3.05) is 31.8 Å². The summed E-state index contributed by atoms with van der Waals surface area (Å²) >= 11 is 0. The van der Waals surface area contributed by atoms with Crippen molar-refractivity contribution < 1.29 is 13.2 Å². The average Bonchev–Trinajstić information content (AvgIpc) is 2.36. The summed E-state index contributed by atoms with van der Waals surface area (Å²) in [6.07, 6.45) is 0. The maximum atomic E-state index is 12.1. The Balaban J connectivity index is 2.94. The highest BCUT2D eigenvalue weighted by atomic mass is 32.2. The zero-order valence-corrected chi connectivity index (χ0v) is 13.6. The predicted octanol–water partition coefficient (Wildman–Crippen LogP) is 2.02. The van der Waals surface area contributed by atoms with Crippen LogP contribution in [0, 0.1) is 13.8 Å². The molecule has 1 aromatic rings. The Hall–Kier alpha value is -0.910. The number of hydrogen-bond acceptors (Lipinski definition) is 4. The van der Waals surface area contributed by atoms with E-state index in [-0.39, 0.29) is 24.2 Å². The lowest BCUT2D eigenvalue weighted by molar-refractivity contribution is 0.217. The lowest BCUT2D eigenvalue weighted by atomic mass is 10.0. The maximum Gasteiger partial charge on any atom is 0.154 e. The number of benzene rings is 1. The van der Waals surface area contributed by atoms with Crippen LogP contribution in [-0.2, 0) is 14.6 Å². The van der Waals surface area contributed by atoms with Crippen LogP contribution in [-0.4, -0.2) is 40.2 Å². The topological polar surface area (TPSA) is 55.4 Å². The first-order chi connectivity index (χ1) is 9.39. The van der Waals surface area contributed by atoms with Crippen LogP contribution in [0.3, 0.4) is 0 Å². The van der Waals surface area contributed by atoms with Gasteiger partial charge in [-0.15, -0.1) is 0 Å². The second kappa shape index (κ2) is 7.76. The molecule has 0 radical (unpaired) electrons.